The van der Waals surface area contributed by atoms with E-state index in [9.17, 15) is 13.2 Å². The van der Waals surface area contributed by atoms with Crippen molar-refractivity contribution >= 4 is 0 Å². The van der Waals surface area contributed by atoms with Crippen LogP contribution in [0.2, 0.25) is 0 Å². The quantitative estimate of drug-likeness (QED) is 0.768. The summed E-state index contributed by atoms with van der Waals surface area (Å²) in [5.74, 6) is -0.168. The molecule has 0 saturated carbocycles. The highest BCUT2D eigenvalue weighted by Crippen LogP contribution is 2.23. The Labute approximate surface area is 117 Å². The number of hydrogen-bond donors (Lipinski definition) is 0. The standard InChI is InChI=1S/C14H21F3N2O/c1-4-19(9-8-18(2)3)11-12-6-5-7-13(10-12)20-14(15,16)17/h5-7,10H,4,8-9,11H2,1-3H3. The highest BCUT2D eigenvalue weighted by atomic mass is 19.4. The molecular formula is C14H21F3N2O. The average molecular weight is 290 g/mol. The third kappa shape index (κ3) is 6.77. The molecule has 0 N–H and O–H groups in total. The fraction of sp³-hybridized carbons (Fsp3) is 0.571. The predicted molar refractivity (Wildman–Crippen MR) is 72.6 cm³/mol. The number of ether oxygens (including phenoxy) is 1. The van der Waals surface area contributed by atoms with Crippen LogP contribution < -0.4 is 4.74 Å². The molecule has 1 aromatic carbocycles. The van der Waals surface area contributed by atoms with Gasteiger partial charge in [0.25, 0.3) is 0 Å². The Balaban J connectivity index is 2.64. The Bertz CT molecular complexity index is 408. The molecule has 6 heteroatoms. The van der Waals surface area contributed by atoms with E-state index in [0.717, 1.165) is 25.2 Å². The number of benzene rings is 1. The van der Waals surface area contributed by atoms with Gasteiger partial charge in [-0.15, -0.1) is 13.2 Å². The van der Waals surface area contributed by atoms with E-state index in [1.165, 1.54) is 12.1 Å². The van der Waals surface area contributed by atoms with Crippen LogP contribution in [0.15, 0.2) is 24.3 Å². The maximum atomic E-state index is 12.2. The lowest BCUT2D eigenvalue weighted by molar-refractivity contribution is -0.274. The van der Waals surface area contributed by atoms with Gasteiger partial charge in [0, 0.05) is 19.6 Å². The summed E-state index contributed by atoms with van der Waals surface area (Å²) in [6.07, 6.45) is -4.64. The fourth-order valence-corrected chi connectivity index (χ4v) is 1.79. The van der Waals surface area contributed by atoms with Crippen LogP contribution in [0.4, 0.5) is 13.2 Å². The van der Waals surface area contributed by atoms with Crippen molar-refractivity contribution in [3.8, 4) is 5.75 Å². The molecule has 1 aromatic rings. The van der Waals surface area contributed by atoms with Gasteiger partial charge >= 0.3 is 6.36 Å². The lowest BCUT2D eigenvalue weighted by Crippen LogP contribution is -2.31. The molecule has 3 nitrogen and oxygen atoms in total. The van der Waals surface area contributed by atoms with Crippen molar-refractivity contribution in [2.45, 2.75) is 19.8 Å². The lowest BCUT2D eigenvalue weighted by Gasteiger charge is -2.22. The second kappa shape index (κ2) is 7.50. The van der Waals surface area contributed by atoms with Gasteiger partial charge in [-0.25, -0.2) is 0 Å². The molecular weight excluding hydrogens is 269 g/mol. The van der Waals surface area contributed by atoms with Crippen LogP contribution in [0.3, 0.4) is 0 Å². The summed E-state index contributed by atoms with van der Waals surface area (Å²) in [6.45, 7) is 5.27. The first-order valence-electron chi connectivity index (χ1n) is 6.52. The number of hydrogen-bond acceptors (Lipinski definition) is 3. The molecule has 0 fully saturated rings. The van der Waals surface area contributed by atoms with Crippen molar-refractivity contribution in [2.75, 3.05) is 33.7 Å². The predicted octanol–water partition coefficient (Wildman–Crippen LogP) is 2.97. The zero-order chi connectivity index (χ0) is 15.2. The molecule has 114 valence electrons. The van der Waals surface area contributed by atoms with Crippen LogP contribution >= 0.6 is 0 Å². The molecule has 0 aromatic heterocycles. The van der Waals surface area contributed by atoms with Gasteiger partial charge in [0.1, 0.15) is 5.75 Å². The molecule has 0 aliphatic carbocycles. The molecule has 0 amide bonds. The molecule has 0 unspecified atom stereocenters. The largest absolute Gasteiger partial charge is 0.573 e. The highest BCUT2D eigenvalue weighted by molar-refractivity contribution is 5.28. The van der Waals surface area contributed by atoms with Crippen LogP contribution in [0.5, 0.6) is 5.75 Å². The number of likely N-dealkylation sites (N-methyl/N-ethyl adjacent to an activating group) is 2. The maximum absolute atomic E-state index is 12.2. The van der Waals surface area contributed by atoms with Gasteiger partial charge in [-0.05, 0) is 38.3 Å². The molecule has 0 atom stereocenters. The molecule has 0 saturated heterocycles. The fourth-order valence-electron chi connectivity index (χ4n) is 1.79. The van der Waals surface area contributed by atoms with Gasteiger partial charge < -0.3 is 9.64 Å². The number of nitrogens with zero attached hydrogens (tertiary/aromatic N) is 2. The van der Waals surface area contributed by atoms with Crippen LogP contribution in [-0.2, 0) is 6.54 Å². The topological polar surface area (TPSA) is 15.7 Å². The van der Waals surface area contributed by atoms with E-state index in [-0.39, 0.29) is 5.75 Å². The zero-order valence-corrected chi connectivity index (χ0v) is 12.1. The average Bonchev–Trinajstić information content (AvgIpc) is 2.32. The number of rotatable bonds is 7. The van der Waals surface area contributed by atoms with E-state index in [2.05, 4.69) is 14.5 Å². The molecule has 0 radical (unpaired) electrons. The van der Waals surface area contributed by atoms with E-state index >= 15 is 0 Å². The van der Waals surface area contributed by atoms with Gasteiger partial charge in [0.05, 0.1) is 0 Å². The Hall–Kier alpha value is -1.27. The summed E-state index contributed by atoms with van der Waals surface area (Å²) in [4.78, 5) is 4.25. The SMILES string of the molecule is CCN(CCN(C)C)Cc1cccc(OC(F)(F)F)c1. The zero-order valence-electron chi connectivity index (χ0n) is 12.1. The van der Waals surface area contributed by atoms with Crippen LogP contribution in [0.1, 0.15) is 12.5 Å². The van der Waals surface area contributed by atoms with E-state index in [1.54, 1.807) is 6.07 Å². The van der Waals surface area contributed by atoms with Crippen LogP contribution in [0.25, 0.3) is 0 Å². The summed E-state index contributed by atoms with van der Waals surface area (Å²) in [6, 6.07) is 6.14. The van der Waals surface area contributed by atoms with Crippen molar-refractivity contribution in [1.82, 2.24) is 9.80 Å². The summed E-state index contributed by atoms with van der Waals surface area (Å²) >= 11 is 0. The molecule has 20 heavy (non-hydrogen) atoms. The van der Waals surface area contributed by atoms with Gasteiger partial charge in [-0.2, -0.15) is 0 Å². The van der Waals surface area contributed by atoms with Crippen LogP contribution in [-0.4, -0.2) is 49.9 Å². The van der Waals surface area contributed by atoms with Gasteiger partial charge in [0.2, 0.25) is 0 Å². The summed E-state index contributed by atoms with van der Waals surface area (Å²) in [5, 5.41) is 0. The molecule has 0 bridgehead atoms. The van der Waals surface area contributed by atoms with Crippen molar-refractivity contribution in [2.24, 2.45) is 0 Å². The Morgan fingerprint density at radius 2 is 1.85 bits per heavy atom. The first-order valence-corrected chi connectivity index (χ1v) is 6.52. The van der Waals surface area contributed by atoms with Crippen molar-refractivity contribution in [3.63, 3.8) is 0 Å². The monoisotopic (exact) mass is 290 g/mol. The second-order valence-corrected chi connectivity index (χ2v) is 4.87. The van der Waals surface area contributed by atoms with E-state index in [1.807, 2.05) is 27.1 Å². The van der Waals surface area contributed by atoms with Crippen molar-refractivity contribution in [3.05, 3.63) is 29.8 Å². The molecule has 0 aliphatic rings. The summed E-state index contributed by atoms with van der Waals surface area (Å²) in [5.41, 5.74) is 0.812. The minimum Gasteiger partial charge on any atom is -0.406 e. The number of halogens is 3. The molecule has 0 spiro atoms. The summed E-state index contributed by atoms with van der Waals surface area (Å²) < 4.78 is 40.4. The maximum Gasteiger partial charge on any atom is 0.573 e. The third-order valence-electron chi connectivity index (χ3n) is 2.85. The first kappa shape index (κ1) is 16.8. The molecule has 0 heterocycles. The summed E-state index contributed by atoms with van der Waals surface area (Å²) in [7, 11) is 3.98. The van der Waals surface area contributed by atoms with Crippen molar-refractivity contribution in [1.29, 1.82) is 0 Å². The van der Waals surface area contributed by atoms with E-state index in [4.69, 9.17) is 0 Å². The molecule has 1 rings (SSSR count). The lowest BCUT2D eigenvalue weighted by atomic mass is 10.2. The second-order valence-electron chi connectivity index (χ2n) is 4.87. The van der Waals surface area contributed by atoms with Crippen molar-refractivity contribution < 1.29 is 17.9 Å². The normalized spacial score (nSPS) is 12.2. The first-order chi connectivity index (χ1) is 9.30. The van der Waals surface area contributed by atoms with Gasteiger partial charge in [-0.3, -0.25) is 4.90 Å². The minimum absolute atomic E-state index is 0.168. The smallest absolute Gasteiger partial charge is 0.406 e. The number of alkyl halides is 3. The van der Waals surface area contributed by atoms with E-state index in [0.29, 0.717) is 6.54 Å². The third-order valence-corrected chi connectivity index (χ3v) is 2.85. The van der Waals surface area contributed by atoms with Gasteiger partial charge in [0.15, 0.2) is 0 Å². The highest BCUT2D eigenvalue weighted by Gasteiger charge is 2.31. The van der Waals surface area contributed by atoms with E-state index < -0.39 is 6.36 Å². The van der Waals surface area contributed by atoms with Gasteiger partial charge in [-0.1, -0.05) is 19.1 Å². The van der Waals surface area contributed by atoms with Crippen LogP contribution in [0, 0.1) is 0 Å². The Morgan fingerprint density at radius 3 is 2.40 bits per heavy atom. The Morgan fingerprint density at radius 1 is 1.15 bits per heavy atom. The molecule has 0 aliphatic heterocycles. The Kier molecular flexibility index (Phi) is 6.29. The minimum atomic E-state index is -4.64.